The summed E-state index contributed by atoms with van der Waals surface area (Å²) in [5.74, 6) is 0. The van der Waals surface area contributed by atoms with E-state index in [0.717, 1.165) is 38.6 Å². The van der Waals surface area contributed by atoms with E-state index in [0.29, 0.717) is 6.10 Å². The Hall–Kier alpha value is -0.120. The Morgan fingerprint density at radius 3 is 2.67 bits per heavy atom. The van der Waals surface area contributed by atoms with Crippen molar-refractivity contribution >= 4 is 0 Å². The Bertz CT molecular complexity index is 218. The molecule has 88 valence electrons. The van der Waals surface area contributed by atoms with Crippen molar-refractivity contribution in [1.29, 1.82) is 0 Å². The van der Waals surface area contributed by atoms with Gasteiger partial charge in [0.2, 0.25) is 0 Å². The lowest BCUT2D eigenvalue weighted by molar-refractivity contribution is -0.0651. The van der Waals surface area contributed by atoms with Crippen molar-refractivity contribution in [3.63, 3.8) is 0 Å². The van der Waals surface area contributed by atoms with E-state index < -0.39 is 0 Å². The van der Waals surface area contributed by atoms with E-state index in [2.05, 4.69) is 18.7 Å². The van der Waals surface area contributed by atoms with Crippen LogP contribution in [0.5, 0.6) is 0 Å². The van der Waals surface area contributed by atoms with Crippen LogP contribution in [-0.4, -0.2) is 42.3 Å². The van der Waals surface area contributed by atoms with Crippen LogP contribution < -0.4 is 5.73 Å². The van der Waals surface area contributed by atoms with Crippen LogP contribution in [0.25, 0.3) is 0 Å². The second kappa shape index (κ2) is 4.40. The van der Waals surface area contributed by atoms with Gasteiger partial charge in [0.15, 0.2) is 0 Å². The first kappa shape index (κ1) is 11.4. The molecule has 2 unspecified atom stereocenters. The Kier molecular flexibility index (Phi) is 3.33. The molecule has 2 aliphatic rings. The average molecular weight is 212 g/mol. The molecule has 0 spiro atoms. The number of hydrogen-bond acceptors (Lipinski definition) is 3. The summed E-state index contributed by atoms with van der Waals surface area (Å²) in [5.41, 5.74) is 6.28. The number of ether oxygens (including phenoxy) is 1. The molecule has 1 saturated heterocycles. The van der Waals surface area contributed by atoms with E-state index in [4.69, 9.17) is 10.5 Å². The summed E-state index contributed by atoms with van der Waals surface area (Å²) in [5, 5.41) is 0. The number of nitrogens with zero attached hydrogens (tertiary/aromatic N) is 1. The summed E-state index contributed by atoms with van der Waals surface area (Å²) < 4.78 is 5.65. The Morgan fingerprint density at radius 1 is 1.47 bits per heavy atom. The van der Waals surface area contributed by atoms with Gasteiger partial charge in [-0.2, -0.15) is 0 Å². The van der Waals surface area contributed by atoms with Gasteiger partial charge < -0.3 is 10.5 Å². The fourth-order valence-corrected chi connectivity index (χ4v) is 3.08. The van der Waals surface area contributed by atoms with E-state index in [9.17, 15) is 0 Å². The Labute approximate surface area is 93.0 Å². The van der Waals surface area contributed by atoms with Gasteiger partial charge in [-0.25, -0.2) is 0 Å². The van der Waals surface area contributed by atoms with Gasteiger partial charge in [0, 0.05) is 24.7 Å². The molecule has 0 aromatic heterocycles. The first-order valence-electron chi connectivity index (χ1n) is 6.30. The lowest BCUT2D eigenvalue weighted by Gasteiger charge is -2.47. The van der Waals surface area contributed by atoms with E-state index in [1.807, 2.05) is 0 Å². The van der Waals surface area contributed by atoms with Crippen molar-refractivity contribution in [1.82, 2.24) is 4.90 Å². The maximum atomic E-state index is 6.05. The smallest absolute Gasteiger partial charge is 0.0565 e. The predicted octanol–water partition coefficient (Wildman–Crippen LogP) is 1.37. The highest BCUT2D eigenvalue weighted by atomic mass is 16.5. The summed E-state index contributed by atoms with van der Waals surface area (Å²) in [7, 11) is 0. The van der Waals surface area contributed by atoms with E-state index >= 15 is 0 Å². The largest absolute Gasteiger partial charge is 0.378 e. The third-order valence-electron chi connectivity index (χ3n) is 3.95. The topological polar surface area (TPSA) is 38.5 Å². The Morgan fingerprint density at radius 2 is 2.20 bits per heavy atom. The van der Waals surface area contributed by atoms with Crippen molar-refractivity contribution in [2.75, 3.05) is 19.7 Å². The summed E-state index contributed by atoms with van der Waals surface area (Å²) in [4.78, 5) is 2.64. The minimum Gasteiger partial charge on any atom is -0.378 e. The third kappa shape index (κ3) is 2.19. The SMILES string of the molecule is CCN(C1CC1)C1(CN)CCOC(C)C1. The van der Waals surface area contributed by atoms with E-state index in [1.54, 1.807) is 0 Å². The van der Waals surface area contributed by atoms with Crippen LogP contribution >= 0.6 is 0 Å². The molecule has 1 saturated carbocycles. The van der Waals surface area contributed by atoms with Gasteiger partial charge in [-0.15, -0.1) is 0 Å². The molecular formula is C12H24N2O. The molecule has 1 heterocycles. The second-order valence-corrected chi connectivity index (χ2v) is 5.08. The monoisotopic (exact) mass is 212 g/mol. The first-order chi connectivity index (χ1) is 7.22. The molecule has 0 bridgehead atoms. The summed E-state index contributed by atoms with van der Waals surface area (Å²) in [6, 6.07) is 0.809. The van der Waals surface area contributed by atoms with Crippen LogP contribution in [0.1, 0.15) is 39.5 Å². The molecule has 3 nitrogen and oxygen atoms in total. The highest BCUT2D eigenvalue weighted by Crippen LogP contribution is 2.38. The highest BCUT2D eigenvalue weighted by molar-refractivity contribution is 5.01. The van der Waals surface area contributed by atoms with Crippen molar-refractivity contribution < 1.29 is 4.74 Å². The molecule has 0 radical (unpaired) electrons. The molecule has 15 heavy (non-hydrogen) atoms. The fraction of sp³-hybridized carbons (Fsp3) is 1.00. The maximum absolute atomic E-state index is 6.05. The minimum absolute atomic E-state index is 0.230. The van der Waals surface area contributed by atoms with Crippen LogP contribution in [-0.2, 0) is 4.74 Å². The third-order valence-corrected chi connectivity index (χ3v) is 3.95. The molecule has 1 aliphatic heterocycles. The van der Waals surface area contributed by atoms with Crippen molar-refractivity contribution in [2.24, 2.45) is 5.73 Å². The molecule has 2 atom stereocenters. The van der Waals surface area contributed by atoms with Gasteiger partial charge in [0.1, 0.15) is 0 Å². The number of rotatable bonds is 4. The maximum Gasteiger partial charge on any atom is 0.0565 e. The number of hydrogen-bond donors (Lipinski definition) is 1. The van der Waals surface area contributed by atoms with Crippen LogP contribution in [0.4, 0.5) is 0 Å². The van der Waals surface area contributed by atoms with E-state index in [1.165, 1.54) is 12.8 Å². The van der Waals surface area contributed by atoms with Crippen LogP contribution in [0.15, 0.2) is 0 Å². The molecule has 2 N–H and O–H groups in total. The van der Waals surface area contributed by atoms with E-state index in [-0.39, 0.29) is 5.54 Å². The van der Waals surface area contributed by atoms with Crippen molar-refractivity contribution in [2.45, 2.75) is 57.2 Å². The summed E-state index contributed by atoms with van der Waals surface area (Å²) in [6.45, 7) is 7.22. The minimum atomic E-state index is 0.230. The Balaban J connectivity index is 2.10. The molecule has 0 amide bonds. The molecule has 0 aromatic rings. The number of likely N-dealkylation sites (N-methyl/N-ethyl adjacent to an activating group) is 1. The standard InChI is InChI=1S/C12H24N2O/c1-3-14(11-4-5-11)12(9-13)6-7-15-10(2)8-12/h10-11H,3-9,13H2,1-2H3. The normalized spacial score (nSPS) is 37.2. The summed E-state index contributed by atoms with van der Waals surface area (Å²) in [6.07, 6.45) is 5.32. The fourth-order valence-electron chi connectivity index (χ4n) is 3.08. The quantitative estimate of drug-likeness (QED) is 0.765. The summed E-state index contributed by atoms with van der Waals surface area (Å²) >= 11 is 0. The molecule has 2 rings (SSSR count). The van der Waals surface area contributed by atoms with Crippen molar-refractivity contribution in [3.8, 4) is 0 Å². The molecular weight excluding hydrogens is 188 g/mol. The first-order valence-corrected chi connectivity index (χ1v) is 6.30. The van der Waals surface area contributed by atoms with Gasteiger partial charge in [-0.3, -0.25) is 4.90 Å². The zero-order valence-corrected chi connectivity index (χ0v) is 10.0. The average Bonchev–Trinajstić information content (AvgIpc) is 3.03. The van der Waals surface area contributed by atoms with Gasteiger partial charge in [-0.1, -0.05) is 6.92 Å². The molecule has 1 aliphatic carbocycles. The van der Waals surface area contributed by atoms with Crippen LogP contribution in [0.3, 0.4) is 0 Å². The van der Waals surface area contributed by atoms with Crippen molar-refractivity contribution in [3.05, 3.63) is 0 Å². The second-order valence-electron chi connectivity index (χ2n) is 5.08. The lowest BCUT2D eigenvalue weighted by atomic mass is 9.85. The molecule has 2 fully saturated rings. The van der Waals surface area contributed by atoms with Gasteiger partial charge in [0.25, 0.3) is 0 Å². The zero-order chi connectivity index (χ0) is 10.9. The molecule has 0 aromatic carbocycles. The van der Waals surface area contributed by atoms with Crippen LogP contribution in [0.2, 0.25) is 0 Å². The molecule has 3 heteroatoms. The lowest BCUT2D eigenvalue weighted by Crippen LogP contribution is -2.59. The van der Waals surface area contributed by atoms with Crippen LogP contribution in [0, 0.1) is 0 Å². The highest BCUT2D eigenvalue weighted by Gasteiger charge is 2.44. The van der Waals surface area contributed by atoms with Gasteiger partial charge >= 0.3 is 0 Å². The number of nitrogens with two attached hydrogens (primary N) is 1. The predicted molar refractivity (Wildman–Crippen MR) is 61.8 cm³/mol. The van der Waals surface area contributed by atoms with Gasteiger partial charge in [-0.05, 0) is 39.2 Å². The zero-order valence-electron chi connectivity index (χ0n) is 10.0. The van der Waals surface area contributed by atoms with Gasteiger partial charge in [0.05, 0.1) is 6.10 Å².